The van der Waals surface area contributed by atoms with Gasteiger partial charge in [-0.2, -0.15) is 0 Å². The van der Waals surface area contributed by atoms with Gasteiger partial charge < -0.3 is 10.6 Å². The van der Waals surface area contributed by atoms with Crippen LogP contribution in [0.5, 0.6) is 0 Å². The van der Waals surface area contributed by atoms with Gasteiger partial charge in [0.15, 0.2) is 0 Å². The van der Waals surface area contributed by atoms with Gasteiger partial charge in [-0.05, 0) is 18.6 Å². The highest BCUT2D eigenvalue weighted by Gasteiger charge is 2.09. The lowest BCUT2D eigenvalue weighted by atomic mass is 10.2. The molecule has 2 N–H and O–H groups in total. The molecule has 0 saturated carbocycles. The minimum atomic E-state index is 0.521. The van der Waals surface area contributed by atoms with Crippen LogP contribution in [-0.2, 0) is 6.54 Å². The first-order chi connectivity index (χ1) is 8.18. The predicted molar refractivity (Wildman–Crippen MR) is 67.5 cm³/mol. The molecule has 0 aromatic carbocycles. The molecule has 0 spiro atoms. The van der Waals surface area contributed by atoms with E-state index in [1.54, 1.807) is 6.20 Å². The van der Waals surface area contributed by atoms with Crippen LogP contribution in [0.4, 0.5) is 11.6 Å². The van der Waals surface area contributed by atoms with E-state index in [9.17, 15) is 0 Å². The normalized spacial score (nSPS) is 10.2. The Morgan fingerprint density at radius 3 is 2.88 bits per heavy atom. The monoisotopic (exact) mass is 229 g/mol. The maximum atomic E-state index is 5.76. The number of anilines is 2. The van der Waals surface area contributed by atoms with Crippen LogP contribution in [0.15, 0.2) is 30.9 Å². The van der Waals surface area contributed by atoms with Crippen molar-refractivity contribution in [2.75, 3.05) is 17.7 Å². The molecule has 0 bridgehead atoms. The molecule has 88 valence electrons. The number of pyridine rings is 1. The molecule has 2 aromatic heterocycles. The van der Waals surface area contributed by atoms with Crippen molar-refractivity contribution in [3.8, 4) is 0 Å². The maximum absolute atomic E-state index is 5.76. The first kappa shape index (κ1) is 11.3. The van der Waals surface area contributed by atoms with E-state index < -0.39 is 0 Å². The van der Waals surface area contributed by atoms with Crippen LogP contribution in [0.3, 0.4) is 0 Å². The second kappa shape index (κ2) is 4.78. The summed E-state index contributed by atoms with van der Waals surface area (Å²) >= 11 is 0. The summed E-state index contributed by atoms with van der Waals surface area (Å²) in [5.41, 5.74) is 7.79. The quantitative estimate of drug-likeness (QED) is 0.861. The summed E-state index contributed by atoms with van der Waals surface area (Å²) in [5.74, 6) is 1.37. The topological polar surface area (TPSA) is 67.9 Å². The van der Waals surface area contributed by atoms with Crippen LogP contribution in [0.25, 0.3) is 0 Å². The molecule has 0 radical (unpaired) electrons. The summed E-state index contributed by atoms with van der Waals surface area (Å²) in [4.78, 5) is 14.3. The number of nitrogen functional groups attached to an aromatic ring is 1. The summed E-state index contributed by atoms with van der Waals surface area (Å²) in [6, 6.07) is 3.95. The van der Waals surface area contributed by atoms with Crippen LogP contribution in [0, 0.1) is 6.92 Å². The van der Waals surface area contributed by atoms with Gasteiger partial charge in [-0.15, -0.1) is 0 Å². The van der Waals surface area contributed by atoms with Gasteiger partial charge in [-0.1, -0.05) is 6.07 Å². The van der Waals surface area contributed by atoms with Crippen molar-refractivity contribution in [3.63, 3.8) is 0 Å². The van der Waals surface area contributed by atoms with E-state index in [0.29, 0.717) is 5.82 Å². The molecule has 17 heavy (non-hydrogen) atoms. The van der Waals surface area contributed by atoms with Crippen molar-refractivity contribution in [1.82, 2.24) is 15.0 Å². The standard InChI is InChI=1S/C12H15N5/c1-9-11(13)15-8-16-12(9)17(2)7-10-4-3-5-14-6-10/h3-6,8H,7H2,1-2H3,(H2,13,15,16). The van der Waals surface area contributed by atoms with Crippen molar-refractivity contribution >= 4 is 11.6 Å². The molecule has 0 aliphatic heterocycles. The number of rotatable bonds is 3. The third-order valence-corrected chi connectivity index (χ3v) is 2.60. The smallest absolute Gasteiger partial charge is 0.137 e. The van der Waals surface area contributed by atoms with Gasteiger partial charge in [0.05, 0.1) is 0 Å². The largest absolute Gasteiger partial charge is 0.383 e. The summed E-state index contributed by atoms with van der Waals surface area (Å²) in [6.45, 7) is 2.66. The fourth-order valence-corrected chi connectivity index (χ4v) is 1.68. The number of hydrogen-bond acceptors (Lipinski definition) is 5. The van der Waals surface area contributed by atoms with Gasteiger partial charge in [0.1, 0.15) is 18.0 Å². The molecular formula is C12H15N5. The fraction of sp³-hybridized carbons (Fsp3) is 0.250. The summed E-state index contributed by atoms with van der Waals surface area (Å²) in [7, 11) is 1.97. The van der Waals surface area contributed by atoms with E-state index in [0.717, 1.165) is 23.5 Å². The Morgan fingerprint density at radius 2 is 2.18 bits per heavy atom. The average molecular weight is 229 g/mol. The zero-order valence-corrected chi connectivity index (χ0v) is 9.96. The van der Waals surface area contributed by atoms with Crippen molar-refractivity contribution < 1.29 is 0 Å². The Bertz CT molecular complexity index is 498. The number of nitrogens with two attached hydrogens (primary N) is 1. The van der Waals surface area contributed by atoms with Gasteiger partial charge in [0, 0.05) is 31.5 Å². The van der Waals surface area contributed by atoms with Crippen LogP contribution in [0.2, 0.25) is 0 Å². The molecule has 2 heterocycles. The Kier molecular flexibility index (Phi) is 3.18. The van der Waals surface area contributed by atoms with Crippen molar-refractivity contribution in [2.45, 2.75) is 13.5 Å². The van der Waals surface area contributed by atoms with Gasteiger partial charge in [0.25, 0.3) is 0 Å². The Hall–Kier alpha value is -2.17. The fourth-order valence-electron chi connectivity index (χ4n) is 1.68. The number of nitrogens with zero attached hydrogens (tertiary/aromatic N) is 4. The summed E-state index contributed by atoms with van der Waals surface area (Å²) < 4.78 is 0. The molecule has 0 aliphatic carbocycles. The molecule has 0 atom stereocenters. The molecule has 0 amide bonds. The molecule has 0 fully saturated rings. The zero-order chi connectivity index (χ0) is 12.3. The maximum Gasteiger partial charge on any atom is 0.137 e. The van der Waals surface area contributed by atoms with Crippen molar-refractivity contribution in [1.29, 1.82) is 0 Å². The molecule has 2 aromatic rings. The first-order valence-corrected chi connectivity index (χ1v) is 5.35. The highest BCUT2D eigenvalue weighted by molar-refractivity contribution is 5.55. The third kappa shape index (κ3) is 2.50. The lowest BCUT2D eigenvalue weighted by Crippen LogP contribution is -2.19. The van der Waals surface area contributed by atoms with Crippen LogP contribution < -0.4 is 10.6 Å². The summed E-state index contributed by atoms with van der Waals surface area (Å²) in [6.07, 6.45) is 5.09. The highest BCUT2D eigenvalue weighted by Crippen LogP contribution is 2.20. The molecule has 5 nitrogen and oxygen atoms in total. The van der Waals surface area contributed by atoms with Gasteiger partial charge in [0.2, 0.25) is 0 Å². The molecule has 5 heteroatoms. The number of aromatic nitrogens is 3. The minimum Gasteiger partial charge on any atom is -0.383 e. The highest BCUT2D eigenvalue weighted by atomic mass is 15.2. The predicted octanol–water partition coefficient (Wildman–Crippen LogP) is 1.40. The van der Waals surface area contributed by atoms with Crippen LogP contribution in [-0.4, -0.2) is 22.0 Å². The molecule has 2 rings (SSSR count). The second-order valence-electron chi connectivity index (χ2n) is 3.92. The van der Waals surface area contributed by atoms with E-state index in [1.165, 1.54) is 6.33 Å². The van der Waals surface area contributed by atoms with E-state index in [2.05, 4.69) is 15.0 Å². The third-order valence-electron chi connectivity index (χ3n) is 2.60. The first-order valence-electron chi connectivity index (χ1n) is 5.35. The molecule has 0 saturated heterocycles. The molecule has 0 aliphatic rings. The van der Waals surface area contributed by atoms with Gasteiger partial charge >= 0.3 is 0 Å². The van der Waals surface area contributed by atoms with Crippen molar-refractivity contribution in [3.05, 3.63) is 42.0 Å². The Balaban J connectivity index is 2.20. The molecular weight excluding hydrogens is 214 g/mol. The molecule has 0 unspecified atom stereocenters. The summed E-state index contributed by atoms with van der Waals surface area (Å²) in [5, 5.41) is 0. The SMILES string of the molecule is Cc1c(N)ncnc1N(C)Cc1cccnc1. The Morgan fingerprint density at radius 1 is 1.35 bits per heavy atom. The lowest BCUT2D eigenvalue weighted by molar-refractivity contribution is 0.878. The average Bonchev–Trinajstić information content (AvgIpc) is 2.34. The van der Waals surface area contributed by atoms with E-state index in [4.69, 9.17) is 5.73 Å². The minimum absolute atomic E-state index is 0.521. The van der Waals surface area contributed by atoms with E-state index in [-0.39, 0.29) is 0 Å². The lowest BCUT2D eigenvalue weighted by Gasteiger charge is -2.20. The zero-order valence-electron chi connectivity index (χ0n) is 9.96. The Labute approximate surface area is 100 Å². The van der Waals surface area contributed by atoms with Gasteiger partial charge in [-0.25, -0.2) is 9.97 Å². The van der Waals surface area contributed by atoms with Crippen LogP contribution >= 0.6 is 0 Å². The van der Waals surface area contributed by atoms with E-state index >= 15 is 0 Å². The van der Waals surface area contributed by atoms with Crippen molar-refractivity contribution in [2.24, 2.45) is 0 Å². The van der Waals surface area contributed by atoms with Gasteiger partial charge in [-0.3, -0.25) is 4.98 Å². The second-order valence-corrected chi connectivity index (χ2v) is 3.92. The van der Waals surface area contributed by atoms with Crippen LogP contribution in [0.1, 0.15) is 11.1 Å². The number of hydrogen-bond donors (Lipinski definition) is 1. The van der Waals surface area contributed by atoms with E-state index in [1.807, 2.05) is 37.2 Å².